The monoisotopic (exact) mass is 582 g/mol. The summed E-state index contributed by atoms with van der Waals surface area (Å²) in [6.07, 6.45) is 0. The second-order valence-electron chi connectivity index (χ2n) is 12.2. The summed E-state index contributed by atoms with van der Waals surface area (Å²) < 4.78 is 4.41. The Morgan fingerprint density at radius 2 is 0.978 bits per heavy atom. The van der Waals surface area contributed by atoms with Crippen molar-refractivity contribution in [3.05, 3.63) is 128 Å². The molecule has 6 bridgehead atoms. The maximum atomic E-state index is 5.38. The number of aromatic nitrogens is 2. The lowest BCUT2D eigenvalue weighted by atomic mass is 10.0. The van der Waals surface area contributed by atoms with Gasteiger partial charge in [-0.2, -0.15) is 0 Å². The van der Waals surface area contributed by atoms with Crippen LogP contribution in [-0.4, -0.2) is 32.5 Å². The van der Waals surface area contributed by atoms with Gasteiger partial charge in [-0.25, -0.2) is 30.0 Å². The van der Waals surface area contributed by atoms with Crippen molar-refractivity contribution < 1.29 is 0 Å². The number of amidine groups is 4. The summed E-state index contributed by atoms with van der Waals surface area (Å²) in [7, 11) is 0. The van der Waals surface area contributed by atoms with Crippen LogP contribution in [0.25, 0.3) is 21.5 Å². The van der Waals surface area contributed by atoms with E-state index in [4.69, 9.17) is 30.0 Å². The van der Waals surface area contributed by atoms with Crippen LogP contribution in [0.15, 0.2) is 103 Å². The molecule has 45 heavy (non-hydrogen) atoms. The van der Waals surface area contributed by atoms with Gasteiger partial charge >= 0.3 is 0 Å². The standard InChI is InChI=1S/C37H26N8/c1-18-9-6-14-23-26(18)32-39-31(23)41-36-28-20(3)11-7-15-24(28)34-40-30-22-13-5-10-19(2)27(22)33(38-30)43-37-29-21(4)12-8-16-25(29)35(42-32)45(37)17-44(34)36/h5-16H,17H2,1-4H3. The molecule has 4 aromatic carbocycles. The van der Waals surface area contributed by atoms with Crippen LogP contribution in [-0.2, 0) is 6.67 Å². The molecule has 6 aromatic rings. The van der Waals surface area contributed by atoms with Crippen molar-refractivity contribution in [2.45, 2.75) is 34.4 Å². The highest BCUT2D eigenvalue weighted by molar-refractivity contribution is 6.26. The van der Waals surface area contributed by atoms with Crippen LogP contribution in [0.5, 0.6) is 0 Å². The van der Waals surface area contributed by atoms with Crippen LogP contribution < -0.4 is 11.0 Å². The number of nitrogens with zero attached hydrogens (tertiary/aromatic N) is 8. The van der Waals surface area contributed by atoms with Crippen molar-refractivity contribution in [3.63, 3.8) is 0 Å². The zero-order chi connectivity index (χ0) is 30.1. The van der Waals surface area contributed by atoms with Gasteiger partial charge in [-0.3, -0.25) is 9.13 Å². The van der Waals surface area contributed by atoms with Gasteiger partial charge in [0.2, 0.25) is 0 Å². The van der Waals surface area contributed by atoms with E-state index in [1.54, 1.807) is 0 Å². The van der Waals surface area contributed by atoms with Crippen LogP contribution in [0, 0.1) is 27.7 Å². The number of hydrogen-bond donors (Lipinski definition) is 0. The van der Waals surface area contributed by atoms with Gasteiger partial charge in [-0.15, -0.1) is 0 Å². The fourth-order valence-electron chi connectivity index (χ4n) is 7.41. The average molecular weight is 583 g/mol. The summed E-state index contributed by atoms with van der Waals surface area (Å²) in [6.45, 7) is 8.92. The molecule has 4 aliphatic rings. The van der Waals surface area contributed by atoms with E-state index < -0.39 is 0 Å². The molecule has 0 N–H and O–H groups in total. The Morgan fingerprint density at radius 1 is 0.444 bits per heavy atom. The second kappa shape index (κ2) is 8.45. The lowest BCUT2D eigenvalue weighted by Gasteiger charge is -2.13. The summed E-state index contributed by atoms with van der Waals surface area (Å²) in [5, 5.41) is 4.16. The highest BCUT2D eigenvalue weighted by Gasteiger charge is 2.31. The Kier molecular flexibility index (Phi) is 4.63. The largest absolute Gasteiger partial charge is 0.291 e. The third-order valence-electron chi connectivity index (χ3n) is 9.53. The number of aliphatic imine (C=N–C) groups is 4. The third-order valence-corrected chi connectivity index (χ3v) is 9.53. The number of benzene rings is 4. The normalized spacial score (nSPS) is 15.5. The summed E-state index contributed by atoms with van der Waals surface area (Å²) in [5.41, 5.74) is 10.1. The first-order valence-corrected chi connectivity index (χ1v) is 15.2. The quantitative estimate of drug-likeness (QED) is 0.202. The van der Waals surface area contributed by atoms with E-state index in [1.807, 2.05) is 0 Å². The van der Waals surface area contributed by atoms with E-state index in [0.29, 0.717) is 30.0 Å². The summed E-state index contributed by atoms with van der Waals surface area (Å²) in [5.74, 6) is 4.29. The number of fused-ring (bicyclic) bond motifs is 14. The minimum Gasteiger partial charge on any atom is -0.291 e. The van der Waals surface area contributed by atoms with Crippen LogP contribution in [0.4, 0.5) is 11.6 Å². The van der Waals surface area contributed by atoms with E-state index >= 15 is 0 Å². The van der Waals surface area contributed by atoms with E-state index in [9.17, 15) is 0 Å². The minimum absolute atomic E-state index is 0.420. The van der Waals surface area contributed by atoms with Crippen molar-refractivity contribution in [1.29, 1.82) is 0 Å². The van der Waals surface area contributed by atoms with E-state index in [0.717, 1.165) is 88.7 Å². The number of rotatable bonds is 0. The molecule has 8 heteroatoms. The van der Waals surface area contributed by atoms with Gasteiger partial charge in [0.1, 0.15) is 29.3 Å². The lowest BCUT2D eigenvalue weighted by molar-refractivity contribution is 0.583. The molecule has 6 heterocycles. The van der Waals surface area contributed by atoms with Crippen molar-refractivity contribution >= 4 is 56.5 Å². The van der Waals surface area contributed by atoms with Crippen LogP contribution in [0.3, 0.4) is 0 Å². The molecule has 2 aromatic heterocycles. The smallest absolute Gasteiger partial charge is 0.165 e. The maximum absolute atomic E-state index is 5.38. The summed E-state index contributed by atoms with van der Waals surface area (Å²) in [6, 6.07) is 25.3. The Labute approximate surface area is 257 Å². The number of hydrogen-bond acceptors (Lipinski definition) is 6. The topological polar surface area (TPSA) is 84.0 Å². The Morgan fingerprint density at radius 3 is 1.64 bits per heavy atom. The Hall–Kier alpha value is -5.76. The molecular formula is C37H26N8. The van der Waals surface area contributed by atoms with E-state index in [2.05, 4.69) is 110 Å². The lowest BCUT2D eigenvalue weighted by Crippen LogP contribution is -2.32. The molecule has 8 nitrogen and oxygen atoms in total. The van der Waals surface area contributed by atoms with E-state index in [-0.39, 0.29) is 0 Å². The third kappa shape index (κ3) is 3.15. The van der Waals surface area contributed by atoms with Crippen LogP contribution >= 0.6 is 0 Å². The molecule has 0 saturated heterocycles. The zero-order valence-corrected chi connectivity index (χ0v) is 25.2. The van der Waals surface area contributed by atoms with Crippen LogP contribution in [0.1, 0.15) is 44.5 Å². The fourth-order valence-corrected chi connectivity index (χ4v) is 7.41. The Balaban J connectivity index is 1.50. The van der Waals surface area contributed by atoms with Gasteiger partial charge in [-0.05, 0) is 49.9 Å². The van der Waals surface area contributed by atoms with Gasteiger partial charge in [0.05, 0.1) is 0 Å². The summed E-state index contributed by atoms with van der Waals surface area (Å²) >= 11 is 0. The summed E-state index contributed by atoms with van der Waals surface area (Å²) in [4.78, 5) is 31.7. The van der Waals surface area contributed by atoms with Gasteiger partial charge in [-0.1, -0.05) is 72.8 Å². The predicted molar refractivity (Wildman–Crippen MR) is 179 cm³/mol. The highest BCUT2D eigenvalue weighted by atomic mass is 15.3. The molecule has 0 aliphatic carbocycles. The van der Waals surface area contributed by atoms with Crippen molar-refractivity contribution in [1.82, 2.24) is 9.13 Å². The van der Waals surface area contributed by atoms with Gasteiger partial charge < -0.3 is 0 Å². The average Bonchev–Trinajstić information content (AvgIpc) is 3.73. The molecule has 4 aliphatic heterocycles. The first kappa shape index (κ1) is 24.7. The molecule has 214 valence electrons. The van der Waals surface area contributed by atoms with Crippen LogP contribution in [0.2, 0.25) is 0 Å². The molecule has 0 unspecified atom stereocenters. The SMILES string of the molecule is Cc1cccc2c1C1=Nc3c4cccc(C)c4c4n3Cn3c(c5cccc(C)c5c3=NC2=N1)=NC1=NC(=N4)c2c(C)cccc21. The van der Waals surface area contributed by atoms with Gasteiger partial charge in [0.25, 0.3) is 0 Å². The first-order chi connectivity index (χ1) is 22.0. The molecule has 0 saturated carbocycles. The number of aryl methyl sites for hydroxylation is 4. The van der Waals surface area contributed by atoms with E-state index in [1.165, 1.54) is 0 Å². The predicted octanol–water partition coefficient (Wildman–Crippen LogP) is 6.28. The maximum Gasteiger partial charge on any atom is 0.165 e. The Bertz CT molecular complexity index is 2660. The molecule has 0 atom stereocenters. The fraction of sp³-hybridized carbons (Fsp3) is 0.135. The second-order valence-corrected chi connectivity index (χ2v) is 12.2. The first-order valence-electron chi connectivity index (χ1n) is 15.2. The molecule has 0 fully saturated rings. The highest BCUT2D eigenvalue weighted by Crippen LogP contribution is 2.42. The van der Waals surface area contributed by atoms with Crippen molar-refractivity contribution in [2.75, 3.05) is 0 Å². The van der Waals surface area contributed by atoms with Gasteiger partial charge in [0, 0.05) is 43.8 Å². The van der Waals surface area contributed by atoms with Crippen molar-refractivity contribution in [3.8, 4) is 0 Å². The molecule has 10 rings (SSSR count). The minimum atomic E-state index is 0.420. The molecule has 0 radical (unpaired) electrons. The molecular weight excluding hydrogens is 556 g/mol. The van der Waals surface area contributed by atoms with Gasteiger partial charge in [0.15, 0.2) is 23.3 Å². The zero-order valence-electron chi connectivity index (χ0n) is 25.2. The molecule has 0 spiro atoms. The van der Waals surface area contributed by atoms with Crippen molar-refractivity contribution in [2.24, 2.45) is 30.0 Å². The molecule has 0 amide bonds.